The fraction of sp³-hybridized carbons (Fsp3) is 0.0667. The van der Waals surface area contributed by atoms with E-state index in [1.54, 1.807) is 0 Å². The van der Waals surface area contributed by atoms with Crippen LogP contribution < -0.4 is 4.74 Å². The maximum absolute atomic E-state index is 6.65. The highest BCUT2D eigenvalue weighted by Crippen LogP contribution is 2.49. The lowest BCUT2D eigenvalue weighted by Gasteiger charge is -2.34. The smallest absolute Gasteiger partial charge is 0.132 e. The molecule has 3 heteroatoms. The largest absolute Gasteiger partial charge is 0.457 e. The first-order valence-electron chi connectivity index (χ1n) is 16.6. The van der Waals surface area contributed by atoms with E-state index in [0.29, 0.717) is 0 Å². The first kappa shape index (κ1) is 27.1. The van der Waals surface area contributed by atoms with Crippen molar-refractivity contribution in [3.05, 3.63) is 169 Å². The Labute approximate surface area is 278 Å². The van der Waals surface area contributed by atoms with Gasteiger partial charge in [-0.2, -0.15) is 0 Å². The van der Waals surface area contributed by atoms with Crippen molar-refractivity contribution in [3.8, 4) is 34.0 Å². The summed E-state index contributed by atoms with van der Waals surface area (Å²) in [5, 5.41) is 5.00. The number of hydrogen-bond acceptors (Lipinski definition) is 1. The van der Waals surface area contributed by atoms with Crippen LogP contribution in [0.5, 0.6) is 11.5 Å². The van der Waals surface area contributed by atoms with Gasteiger partial charge in [0.2, 0.25) is 0 Å². The van der Waals surface area contributed by atoms with Gasteiger partial charge in [0, 0.05) is 49.3 Å². The third-order valence-electron chi connectivity index (χ3n) is 10.4. The summed E-state index contributed by atoms with van der Waals surface area (Å²) >= 11 is 0. The van der Waals surface area contributed by atoms with Crippen LogP contribution >= 0.6 is 0 Å². The maximum atomic E-state index is 6.65. The maximum Gasteiger partial charge on any atom is 0.132 e. The van der Waals surface area contributed by atoms with Crippen LogP contribution in [0.25, 0.3) is 66.1 Å². The van der Waals surface area contributed by atoms with Crippen molar-refractivity contribution < 1.29 is 4.74 Å². The van der Waals surface area contributed by atoms with E-state index in [1.165, 1.54) is 54.7 Å². The van der Waals surface area contributed by atoms with E-state index >= 15 is 0 Å². The average Bonchev–Trinajstić information content (AvgIpc) is 3.64. The van der Waals surface area contributed by atoms with Crippen LogP contribution in [0.4, 0.5) is 0 Å². The number of fused-ring (bicyclic) bond motifs is 8. The van der Waals surface area contributed by atoms with E-state index in [-0.39, 0.29) is 5.41 Å². The molecule has 9 aromatic rings. The standard InChI is InChI=1S/C45H32N2O/c1-45(2)36-17-7-12-22-43(36)48-44-27-29(23-25-37(44)45)35-28-30(46-38-18-8-3-13-31(38)32-14-4-9-19-39(32)46)24-26-42(35)47-40-20-10-5-15-33(40)34-16-6-11-21-41(34)47/h3-28H,1-2H3. The van der Waals surface area contributed by atoms with E-state index < -0.39 is 0 Å². The molecule has 0 saturated carbocycles. The van der Waals surface area contributed by atoms with Gasteiger partial charge in [-0.3, -0.25) is 0 Å². The molecule has 7 aromatic carbocycles. The van der Waals surface area contributed by atoms with Gasteiger partial charge in [-0.05, 0) is 60.2 Å². The monoisotopic (exact) mass is 616 g/mol. The highest BCUT2D eigenvalue weighted by atomic mass is 16.5. The molecule has 228 valence electrons. The van der Waals surface area contributed by atoms with Crippen molar-refractivity contribution in [3.63, 3.8) is 0 Å². The molecule has 1 aliphatic heterocycles. The summed E-state index contributed by atoms with van der Waals surface area (Å²) in [5.74, 6) is 1.83. The zero-order valence-corrected chi connectivity index (χ0v) is 26.8. The number of para-hydroxylation sites is 5. The molecule has 0 N–H and O–H groups in total. The second-order valence-electron chi connectivity index (χ2n) is 13.4. The minimum Gasteiger partial charge on any atom is -0.457 e. The lowest BCUT2D eigenvalue weighted by atomic mass is 9.75. The molecule has 0 atom stereocenters. The summed E-state index contributed by atoms with van der Waals surface area (Å²) in [7, 11) is 0. The van der Waals surface area contributed by atoms with Crippen molar-refractivity contribution in [2.75, 3.05) is 0 Å². The minimum atomic E-state index is -0.177. The van der Waals surface area contributed by atoms with Gasteiger partial charge in [0.15, 0.2) is 0 Å². The van der Waals surface area contributed by atoms with Gasteiger partial charge in [-0.1, -0.05) is 117 Å². The fourth-order valence-corrected chi connectivity index (χ4v) is 8.10. The quantitative estimate of drug-likeness (QED) is 0.193. The van der Waals surface area contributed by atoms with Crippen molar-refractivity contribution in [1.82, 2.24) is 9.13 Å². The molecule has 0 spiro atoms. The summed E-state index contributed by atoms with van der Waals surface area (Å²) in [4.78, 5) is 0. The molecule has 1 aliphatic rings. The van der Waals surface area contributed by atoms with Crippen LogP contribution in [-0.2, 0) is 5.41 Å². The second kappa shape index (κ2) is 9.97. The molecule has 0 aliphatic carbocycles. The van der Waals surface area contributed by atoms with E-state index in [1.807, 2.05) is 0 Å². The minimum absolute atomic E-state index is 0.177. The molecule has 48 heavy (non-hydrogen) atoms. The van der Waals surface area contributed by atoms with Crippen molar-refractivity contribution in [2.45, 2.75) is 19.3 Å². The Hall–Kier alpha value is -6.06. The van der Waals surface area contributed by atoms with Crippen molar-refractivity contribution >= 4 is 43.6 Å². The Kier molecular flexibility index (Phi) is 5.63. The highest BCUT2D eigenvalue weighted by Gasteiger charge is 2.34. The van der Waals surface area contributed by atoms with E-state index in [9.17, 15) is 0 Å². The molecule has 3 nitrogen and oxygen atoms in total. The summed E-state index contributed by atoms with van der Waals surface area (Å²) in [5.41, 5.74) is 11.5. The lowest BCUT2D eigenvalue weighted by Crippen LogP contribution is -2.24. The molecule has 0 amide bonds. The molecular formula is C45H32N2O. The molecular weight excluding hydrogens is 585 g/mol. The first-order chi connectivity index (χ1) is 23.6. The van der Waals surface area contributed by atoms with Gasteiger partial charge < -0.3 is 13.9 Å². The zero-order chi connectivity index (χ0) is 32.0. The lowest BCUT2D eigenvalue weighted by molar-refractivity contribution is 0.418. The molecule has 2 aromatic heterocycles. The summed E-state index contributed by atoms with van der Waals surface area (Å²) in [6.45, 7) is 4.58. The molecule has 0 saturated heterocycles. The van der Waals surface area contributed by atoms with E-state index in [0.717, 1.165) is 34.0 Å². The number of benzene rings is 7. The third kappa shape index (κ3) is 3.76. The summed E-state index contributed by atoms with van der Waals surface area (Å²) < 4.78 is 11.5. The Morgan fingerprint density at radius 1 is 0.438 bits per heavy atom. The van der Waals surface area contributed by atoms with Gasteiger partial charge >= 0.3 is 0 Å². The Balaban J connectivity index is 1.27. The van der Waals surface area contributed by atoms with E-state index in [4.69, 9.17) is 4.74 Å². The van der Waals surface area contributed by atoms with Gasteiger partial charge in [0.1, 0.15) is 11.5 Å². The SMILES string of the molecule is CC1(C)c2ccccc2Oc2cc(-c3cc(-n4c5ccccc5c5ccccc54)ccc3-n3c4ccccc4c4ccccc43)ccc21. The van der Waals surface area contributed by atoms with Crippen LogP contribution in [0.1, 0.15) is 25.0 Å². The number of rotatable bonds is 3. The third-order valence-corrected chi connectivity index (χ3v) is 10.4. The van der Waals surface area contributed by atoms with Crippen LogP contribution in [0.3, 0.4) is 0 Å². The average molecular weight is 617 g/mol. The molecule has 0 radical (unpaired) electrons. The summed E-state index contributed by atoms with van der Waals surface area (Å²) in [6, 6.07) is 57.0. The van der Waals surface area contributed by atoms with Gasteiger partial charge in [0.25, 0.3) is 0 Å². The fourth-order valence-electron chi connectivity index (χ4n) is 8.10. The predicted molar refractivity (Wildman–Crippen MR) is 199 cm³/mol. The molecule has 0 bridgehead atoms. The van der Waals surface area contributed by atoms with Gasteiger partial charge in [-0.25, -0.2) is 0 Å². The van der Waals surface area contributed by atoms with Gasteiger partial charge in [0.05, 0.1) is 27.8 Å². The van der Waals surface area contributed by atoms with Crippen LogP contribution in [-0.4, -0.2) is 9.13 Å². The Morgan fingerprint density at radius 2 is 0.938 bits per heavy atom. The van der Waals surface area contributed by atoms with Crippen LogP contribution in [0, 0.1) is 0 Å². The molecule has 0 fully saturated rings. The highest BCUT2D eigenvalue weighted by molar-refractivity contribution is 6.11. The first-order valence-corrected chi connectivity index (χ1v) is 16.6. The predicted octanol–water partition coefficient (Wildman–Crippen LogP) is 12.0. The van der Waals surface area contributed by atoms with Gasteiger partial charge in [-0.15, -0.1) is 0 Å². The Morgan fingerprint density at radius 3 is 1.54 bits per heavy atom. The number of ether oxygens (including phenoxy) is 1. The van der Waals surface area contributed by atoms with Crippen LogP contribution in [0.2, 0.25) is 0 Å². The zero-order valence-electron chi connectivity index (χ0n) is 26.8. The normalized spacial score (nSPS) is 13.5. The molecule has 10 rings (SSSR count). The summed E-state index contributed by atoms with van der Waals surface area (Å²) in [6.07, 6.45) is 0. The molecule has 3 heterocycles. The van der Waals surface area contributed by atoms with E-state index in [2.05, 4.69) is 181 Å². The Bertz CT molecular complexity index is 2630. The second-order valence-corrected chi connectivity index (χ2v) is 13.4. The van der Waals surface area contributed by atoms with Crippen LogP contribution in [0.15, 0.2) is 158 Å². The number of hydrogen-bond donors (Lipinski definition) is 0. The van der Waals surface area contributed by atoms with Crippen molar-refractivity contribution in [2.24, 2.45) is 0 Å². The van der Waals surface area contributed by atoms with Crippen molar-refractivity contribution in [1.29, 1.82) is 0 Å². The number of aromatic nitrogens is 2. The number of nitrogens with zero attached hydrogens (tertiary/aromatic N) is 2. The topological polar surface area (TPSA) is 19.1 Å². The molecule has 0 unspecified atom stereocenters.